The van der Waals surface area contributed by atoms with E-state index in [0.29, 0.717) is 11.1 Å². The number of nitrogens with one attached hydrogen (secondary N) is 4. The average molecular weight is 1160 g/mol. The Morgan fingerprint density at radius 3 is 1.01 bits per heavy atom. The van der Waals surface area contributed by atoms with Crippen LogP contribution in [-0.4, -0.2) is 108 Å². The Morgan fingerprint density at radius 1 is 0.390 bits per heavy atom. The third-order valence-electron chi connectivity index (χ3n) is 15.4. The van der Waals surface area contributed by atoms with Crippen LogP contribution < -0.4 is 21.3 Å². The van der Waals surface area contributed by atoms with E-state index in [9.17, 15) is 46.2 Å². The highest BCUT2D eigenvalue weighted by atomic mass is 32.2. The van der Waals surface area contributed by atoms with Crippen LogP contribution in [0, 0.1) is 22.7 Å². The van der Waals surface area contributed by atoms with Crippen molar-refractivity contribution in [3.8, 4) is 0 Å². The lowest BCUT2D eigenvalue weighted by Crippen LogP contribution is -2.63. The number of carbonyl (C=O) groups is 4. The monoisotopic (exact) mass is 1160 g/mol. The van der Waals surface area contributed by atoms with E-state index in [1.807, 2.05) is 97.1 Å². The summed E-state index contributed by atoms with van der Waals surface area (Å²) >= 11 is 0. The second-order valence-corrected chi connectivity index (χ2v) is 31.6. The van der Waals surface area contributed by atoms with Crippen molar-refractivity contribution in [1.29, 1.82) is 0 Å². The highest BCUT2D eigenvalue weighted by molar-refractivity contribution is 7.93. The number of carbonyl (C=O) groups excluding carboxylic acids is 4. The van der Waals surface area contributed by atoms with Gasteiger partial charge in [0.05, 0.1) is 44.9 Å². The second-order valence-electron chi connectivity index (χ2n) is 26.1. The molecule has 4 amide bonds. The Hall–Kier alpha value is -6.46. The first-order valence-corrected chi connectivity index (χ1v) is 31.5. The van der Waals surface area contributed by atoms with Gasteiger partial charge in [0, 0.05) is 0 Å². The molecule has 14 nitrogen and oxygen atoms in total. The summed E-state index contributed by atoms with van der Waals surface area (Å²) in [5.74, 6) is -5.94. The molecule has 0 saturated carbocycles. The minimum atomic E-state index is -3.87. The first kappa shape index (κ1) is 64.7. The number of hydrogen-bond donors (Lipinski definition) is 6. The van der Waals surface area contributed by atoms with Crippen LogP contribution in [0.15, 0.2) is 146 Å². The van der Waals surface area contributed by atoms with Gasteiger partial charge in [0.2, 0.25) is 23.6 Å². The van der Waals surface area contributed by atoms with Gasteiger partial charge in [-0.25, -0.2) is 16.8 Å². The zero-order chi connectivity index (χ0) is 60.6. The van der Waals surface area contributed by atoms with Gasteiger partial charge in [-0.15, -0.1) is 0 Å². The Labute approximate surface area is 486 Å². The normalized spacial score (nSPS) is 15.7. The van der Waals surface area contributed by atoms with E-state index in [0.717, 1.165) is 32.7 Å². The van der Waals surface area contributed by atoms with E-state index in [4.69, 9.17) is 0 Å². The van der Waals surface area contributed by atoms with Gasteiger partial charge < -0.3 is 31.5 Å². The maximum atomic E-state index is 15.0. The predicted molar refractivity (Wildman–Crippen MR) is 328 cm³/mol. The van der Waals surface area contributed by atoms with E-state index in [1.165, 1.54) is 0 Å². The summed E-state index contributed by atoms with van der Waals surface area (Å²) in [5, 5.41) is 40.5. The van der Waals surface area contributed by atoms with Crippen molar-refractivity contribution in [3.05, 3.63) is 168 Å². The third kappa shape index (κ3) is 16.9. The van der Waals surface area contributed by atoms with Gasteiger partial charge in [0.15, 0.2) is 19.7 Å². The summed E-state index contributed by atoms with van der Waals surface area (Å²) in [7, 11) is -7.74. The summed E-state index contributed by atoms with van der Waals surface area (Å²) in [4.78, 5) is 59.5. The Kier molecular flexibility index (Phi) is 20.8. The topological polar surface area (TPSA) is 225 Å². The summed E-state index contributed by atoms with van der Waals surface area (Å²) in [5.41, 5.74) is 0.941. The van der Waals surface area contributed by atoms with Crippen LogP contribution in [0.5, 0.6) is 0 Å². The molecule has 6 rings (SSSR count). The zero-order valence-corrected chi connectivity index (χ0v) is 51.3. The van der Waals surface area contributed by atoms with Crippen LogP contribution in [0.25, 0.3) is 21.5 Å². The van der Waals surface area contributed by atoms with Crippen LogP contribution >= 0.6 is 0 Å². The minimum Gasteiger partial charge on any atom is -0.388 e. The molecule has 6 aromatic rings. The fourth-order valence-electron chi connectivity index (χ4n) is 10.1. The summed E-state index contributed by atoms with van der Waals surface area (Å²) < 4.78 is 53.2. The maximum absolute atomic E-state index is 15.0. The molecule has 0 bridgehead atoms. The molecule has 0 aliphatic carbocycles. The fourth-order valence-corrected chi connectivity index (χ4v) is 12.7. The molecular weight excluding hydrogens is 1070 g/mol. The largest absolute Gasteiger partial charge is 0.388 e. The number of amides is 4. The molecule has 0 saturated heterocycles. The van der Waals surface area contributed by atoms with E-state index in [1.54, 1.807) is 132 Å². The van der Waals surface area contributed by atoms with Crippen LogP contribution in [0.3, 0.4) is 0 Å². The Balaban J connectivity index is 1.32. The molecule has 0 spiro atoms. The Bertz CT molecular complexity index is 3160. The van der Waals surface area contributed by atoms with Crippen molar-refractivity contribution in [1.82, 2.24) is 21.3 Å². The number of rotatable bonds is 23. The number of fused-ring (bicyclic) bond motifs is 2. The minimum absolute atomic E-state index is 0.00854. The van der Waals surface area contributed by atoms with Gasteiger partial charge in [-0.3, -0.25) is 19.2 Å². The van der Waals surface area contributed by atoms with Crippen molar-refractivity contribution in [2.24, 2.45) is 22.7 Å². The lowest BCUT2D eigenvalue weighted by molar-refractivity contribution is -0.135. The first-order valence-electron chi connectivity index (χ1n) is 28.2. The molecule has 6 N–H and O–H groups in total. The predicted octanol–water partition coefficient (Wildman–Crippen LogP) is 8.68. The molecule has 0 fully saturated rings. The van der Waals surface area contributed by atoms with E-state index in [2.05, 4.69) is 21.3 Å². The van der Waals surface area contributed by atoms with E-state index >= 15 is 0 Å². The van der Waals surface area contributed by atoms with Crippen molar-refractivity contribution in [2.45, 2.75) is 155 Å². The van der Waals surface area contributed by atoms with Crippen molar-refractivity contribution < 1.29 is 46.2 Å². The highest BCUT2D eigenvalue weighted by Gasteiger charge is 2.43. The van der Waals surface area contributed by atoms with Gasteiger partial charge in [-0.1, -0.05) is 187 Å². The average Bonchev–Trinajstić information content (AvgIpc) is 3.55. The van der Waals surface area contributed by atoms with Crippen LogP contribution in [-0.2, 0) is 64.5 Å². The first-order chi connectivity index (χ1) is 38.2. The molecule has 442 valence electrons. The molecule has 6 aromatic carbocycles. The molecule has 0 aromatic heterocycles. The lowest BCUT2D eigenvalue weighted by atomic mass is 9.84. The van der Waals surface area contributed by atoms with Gasteiger partial charge in [0.1, 0.15) is 24.3 Å². The van der Waals surface area contributed by atoms with Gasteiger partial charge in [-0.05, 0) is 122 Å². The fraction of sp³-hybridized carbons (Fsp3) is 0.455. The molecule has 0 radical (unpaired) electrons. The quantitative estimate of drug-likeness (QED) is 0.0358. The number of hydrogen-bond acceptors (Lipinski definition) is 10. The number of aliphatic hydroxyl groups excluding tert-OH is 2. The van der Waals surface area contributed by atoms with Crippen molar-refractivity contribution >= 4 is 64.8 Å². The van der Waals surface area contributed by atoms with Crippen LogP contribution in [0.1, 0.15) is 105 Å². The van der Waals surface area contributed by atoms with E-state index < -0.39 is 123 Å². The molecule has 82 heavy (non-hydrogen) atoms. The number of benzene rings is 6. The third-order valence-corrected chi connectivity index (χ3v) is 20.8. The van der Waals surface area contributed by atoms with Crippen molar-refractivity contribution in [3.63, 3.8) is 0 Å². The summed E-state index contributed by atoms with van der Waals surface area (Å²) in [6.45, 7) is 20.0. The molecule has 0 aliphatic heterocycles. The highest BCUT2D eigenvalue weighted by Crippen LogP contribution is 2.30. The van der Waals surface area contributed by atoms with Crippen LogP contribution in [0.2, 0.25) is 0 Å². The van der Waals surface area contributed by atoms with Crippen LogP contribution in [0.4, 0.5) is 0 Å². The lowest BCUT2D eigenvalue weighted by Gasteiger charge is -2.37. The van der Waals surface area contributed by atoms with Gasteiger partial charge >= 0.3 is 0 Å². The molecule has 0 heterocycles. The summed E-state index contributed by atoms with van der Waals surface area (Å²) in [6, 6.07) is 39.5. The Morgan fingerprint density at radius 2 is 0.695 bits per heavy atom. The van der Waals surface area contributed by atoms with Gasteiger partial charge in [0.25, 0.3) is 0 Å². The maximum Gasteiger partial charge on any atom is 0.243 e. The standard InChI is InChI=1S/C66H86N4O10S2/c1-63(2,3)57(69-59(73)49(41-81(77,78)65(7,8)9)39-47-33-23-31-45-29-19-21-35-51(45)47)61(75)67-53(37-43-25-15-13-16-26-43)55(71)56(72)54(38-44-27-17-14-18-28-44)68-62(76)58(64(4,5)6)70-60(74)50(42-82(79,80)66(10,11)12)40-48-34-24-32-46-30-20-22-36-52(46)48/h13-36,49-50,53-58,71-72H,37-42H2,1-12H3,(H,67,75)(H,68,76)(H,69,73)(H,70,74)/t49-,50-,53+,54+,55-,56-,57-,58-/m1/s1. The van der Waals surface area contributed by atoms with Gasteiger partial charge in [-0.2, -0.15) is 0 Å². The molecular formula is C66H86N4O10S2. The zero-order valence-electron chi connectivity index (χ0n) is 49.7. The number of aliphatic hydroxyl groups is 2. The molecule has 8 atom stereocenters. The smallest absolute Gasteiger partial charge is 0.243 e. The van der Waals surface area contributed by atoms with Crippen molar-refractivity contribution in [2.75, 3.05) is 11.5 Å². The van der Waals surface area contributed by atoms with E-state index in [-0.39, 0.29) is 25.7 Å². The molecule has 0 unspecified atom stereocenters. The summed E-state index contributed by atoms with van der Waals surface area (Å²) in [6.07, 6.45) is -3.46. The molecule has 16 heteroatoms. The molecule has 0 aliphatic rings. The second kappa shape index (κ2) is 26.4. The number of sulfone groups is 2. The SMILES string of the molecule is CC(C)(C)[C@H](NC(=O)[C@H](Cc1cccc2ccccc12)CS(=O)(=O)C(C)(C)C)C(=O)N[C@@H](Cc1ccccc1)[C@@H](O)[C@H](O)[C@H](Cc1ccccc1)NC(=O)[C@@H](NC(=O)[C@H](Cc1cccc2ccccc12)CS(=O)(=O)C(C)(C)C)C(C)(C)C.